The average Bonchev–Trinajstić information content (AvgIpc) is 3.86. The number of pyridine rings is 1. The molecule has 4 fully saturated rings. The molecule has 0 bridgehead atoms. The number of ether oxygens (including phenoxy) is 1. The Labute approximate surface area is 412 Å². The summed E-state index contributed by atoms with van der Waals surface area (Å²) in [6.45, 7) is 9.31. The largest absolute Gasteiger partial charge is 0.490 e. The molecule has 5 aliphatic rings. The fourth-order valence-electron chi connectivity index (χ4n) is 10.2. The molecule has 1 unspecified atom stereocenters. The average molecular weight is 1010 g/mol. The topological polar surface area (TPSA) is 225 Å². The number of carbonyl (C=O) groups is 6. The van der Waals surface area contributed by atoms with Crippen LogP contribution in [-0.2, 0) is 19.1 Å². The van der Waals surface area contributed by atoms with Crippen molar-refractivity contribution >= 4 is 69.7 Å². The van der Waals surface area contributed by atoms with Crippen LogP contribution in [-0.4, -0.2) is 153 Å². The van der Waals surface area contributed by atoms with Crippen molar-refractivity contribution in [1.82, 2.24) is 40.0 Å². The number of methoxy groups -OCH3 is 1. The van der Waals surface area contributed by atoms with Crippen molar-refractivity contribution < 1.29 is 56.2 Å². The number of carbonyl (C=O) groups excluding carboxylic acids is 5. The number of anilines is 4. The second-order valence-corrected chi connectivity index (χ2v) is 19.1. The minimum absolute atomic E-state index is 0.0760. The molecule has 72 heavy (non-hydrogen) atoms. The van der Waals surface area contributed by atoms with Crippen LogP contribution >= 0.6 is 0 Å². The molecule has 0 saturated carbocycles. The number of hydrogen-bond acceptors (Lipinski definition) is 14. The Balaban J connectivity index is 0.000000923. The molecule has 8 heterocycles. The summed E-state index contributed by atoms with van der Waals surface area (Å²) < 4.78 is 53.7. The van der Waals surface area contributed by atoms with Crippen LogP contribution in [0.4, 0.5) is 40.8 Å². The Bertz CT molecular complexity index is 2690. The summed E-state index contributed by atoms with van der Waals surface area (Å²) in [5.41, 5.74) is 2.88. The van der Waals surface area contributed by atoms with Crippen LogP contribution in [0.1, 0.15) is 109 Å². The maximum atomic E-state index is 14.6. The molecule has 386 valence electrons. The molecule has 4 N–H and O–H groups in total. The predicted molar refractivity (Wildman–Crippen MR) is 256 cm³/mol. The maximum Gasteiger partial charge on any atom is 0.490 e. The molecule has 5 amide bonds. The molecule has 23 heteroatoms. The zero-order chi connectivity index (χ0) is 51.4. The highest BCUT2D eigenvalue weighted by atomic mass is 19.4. The zero-order valence-corrected chi connectivity index (χ0v) is 40.3. The Morgan fingerprint density at radius 1 is 0.931 bits per heavy atom. The van der Waals surface area contributed by atoms with Gasteiger partial charge in [0.15, 0.2) is 0 Å². The summed E-state index contributed by atoms with van der Waals surface area (Å²) in [5, 5.41) is 16.8. The van der Waals surface area contributed by atoms with E-state index >= 15 is 0 Å². The lowest BCUT2D eigenvalue weighted by molar-refractivity contribution is -0.192. The first-order valence-corrected chi connectivity index (χ1v) is 24.4. The van der Waals surface area contributed by atoms with Crippen LogP contribution in [0.3, 0.4) is 0 Å². The van der Waals surface area contributed by atoms with Gasteiger partial charge < -0.3 is 39.7 Å². The van der Waals surface area contributed by atoms with Crippen molar-refractivity contribution in [2.45, 2.75) is 108 Å². The van der Waals surface area contributed by atoms with Crippen molar-refractivity contribution in [3.05, 3.63) is 65.6 Å². The number of amides is 5. The van der Waals surface area contributed by atoms with E-state index in [2.05, 4.69) is 59.1 Å². The van der Waals surface area contributed by atoms with Gasteiger partial charge in [-0.2, -0.15) is 18.2 Å². The second kappa shape index (κ2) is 21.9. The SMILES string of the molecule is CO[C@@H]1CCN(c2nccc(Nc3cc4c(cn3)c(C(=O)NC3CCN(CCCC5CCN(c6cccc7c6C(=O)N(C6CCC(=O)NC6=O)C7=O)CC5)CC3)cn4C(C)C)n2)C[C@@H]1F.O=C(O)C(F)(F)F. The highest BCUT2D eigenvalue weighted by Crippen LogP contribution is 2.37. The molecule has 19 nitrogen and oxygen atoms in total. The molecule has 0 radical (unpaired) electrons. The monoisotopic (exact) mass is 1010 g/mol. The number of nitrogens with one attached hydrogen (secondary N) is 3. The Morgan fingerprint density at radius 2 is 1.65 bits per heavy atom. The fourth-order valence-corrected chi connectivity index (χ4v) is 10.2. The smallest absolute Gasteiger partial charge is 0.475 e. The number of halogens is 4. The van der Waals surface area contributed by atoms with Crippen LogP contribution in [0.15, 0.2) is 48.9 Å². The van der Waals surface area contributed by atoms with Gasteiger partial charge in [-0.05, 0) is 95.9 Å². The molecule has 3 atom stereocenters. The number of hydrogen-bond donors (Lipinski definition) is 4. The number of piperidine rings is 4. The first kappa shape index (κ1) is 51.6. The van der Waals surface area contributed by atoms with Crippen molar-refractivity contribution in [1.29, 1.82) is 0 Å². The van der Waals surface area contributed by atoms with Gasteiger partial charge in [-0.3, -0.25) is 34.2 Å². The highest BCUT2D eigenvalue weighted by molar-refractivity contribution is 6.25. The minimum atomic E-state index is -5.08. The van der Waals surface area contributed by atoms with Crippen LogP contribution in [0.5, 0.6) is 0 Å². The van der Waals surface area contributed by atoms with Gasteiger partial charge in [0, 0.05) is 88.4 Å². The highest BCUT2D eigenvalue weighted by Gasteiger charge is 2.46. The van der Waals surface area contributed by atoms with Gasteiger partial charge in [0.2, 0.25) is 17.8 Å². The molecule has 3 aromatic heterocycles. The lowest BCUT2D eigenvalue weighted by Gasteiger charge is -2.35. The third-order valence-corrected chi connectivity index (χ3v) is 14.1. The number of aliphatic carboxylic acids is 1. The van der Waals surface area contributed by atoms with Gasteiger partial charge in [-0.1, -0.05) is 6.07 Å². The fraction of sp³-hybridized carbons (Fsp3) is 0.531. The van der Waals surface area contributed by atoms with Crippen LogP contribution in [0, 0.1) is 5.92 Å². The predicted octanol–water partition coefficient (Wildman–Crippen LogP) is 5.64. The van der Waals surface area contributed by atoms with Gasteiger partial charge in [-0.25, -0.2) is 19.2 Å². The van der Waals surface area contributed by atoms with Crippen molar-refractivity contribution in [3.8, 4) is 0 Å². The van der Waals surface area contributed by atoms with Crippen LogP contribution in [0.2, 0.25) is 0 Å². The third kappa shape index (κ3) is 11.5. The number of carboxylic acid groups (broad SMARTS) is 1. The van der Waals surface area contributed by atoms with Crippen molar-refractivity contribution in [3.63, 3.8) is 0 Å². The second-order valence-electron chi connectivity index (χ2n) is 19.1. The Kier molecular flexibility index (Phi) is 15.7. The number of aromatic nitrogens is 4. The van der Waals surface area contributed by atoms with Crippen molar-refractivity contribution in [2.75, 3.05) is 68.0 Å². The number of carboxylic acids is 1. The number of likely N-dealkylation sites (tertiary alicyclic amines) is 1. The molecule has 1 aromatic carbocycles. The van der Waals surface area contributed by atoms with Gasteiger partial charge in [0.1, 0.15) is 23.8 Å². The first-order valence-electron chi connectivity index (χ1n) is 24.4. The van der Waals surface area contributed by atoms with E-state index in [9.17, 15) is 41.5 Å². The summed E-state index contributed by atoms with van der Waals surface area (Å²) in [4.78, 5) is 95.2. The normalized spacial score (nSPS) is 21.4. The number of imide groups is 2. The van der Waals surface area contributed by atoms with Crippen molar-refractivity contribution in [2.24, 2.45) is 5.92 Å². The number of nitrogens with zero attached hydrogens (tertiary/aromatic N) is 8. The minimum Gasteiger partial charge on any atom is -0.475 e. The molecule has 0 aliphatic carbocycles. The molecule has 9 rings (SSSR count). The molecule has 0 spiro atoms. The van der Waals surface area contributed by atoms with E-state index in [0.29, 0.717) is 53.2 Å². The quantitative estimate of drug-likeness (QED) is 0.0940. The van der Waals surface area contributed by atoms with E-state index < -0.39 is 54.1 Å². The number of rotatable bonds is 13. The van der Waals surface area contributed by atoms with E-state index in [1.165, 1.54) is 7.11 Å². The van der Waals surface area contributed by atoms with E-state index in [-0.39, 0.29) is 37.4 Å². The molecule has 5 aliphatic heterocycles. The van der Waals surface area contributed by atoms with Gasteiger partial charge in [-0.15, -0.1) is 0 Å². The summed E-state index contributed by atoms with van der Waals surface area (Å²) in [6.07, 6.45) is 5.35. The standard InChI is InChI=1S/C47H58FN11O6.C2HF3O2/c1-28(2)58-26-33(32-25-50-40(24-37(32)58)52-39-11-17-49-47(53-39)57-23-16-38(65-3)34(48)27-57)43(61)51-30-14-19-55(20-15-30)18-5-6-29-12-21-56(22-13-29)35-8-4-7-31-42(35)46(64)59(45(31)63)36-9-10-41(60)54-44(36)62;3-2(4,5)1(6)7/h4,7-8,11,17,24-26,28-30,34,36,38H,5-6,9-10,12-16,18-23,27H2,1-3H3,(H,51,61)(H,54,60,62)(H,49,50,52,53);(H,6,7)/t34-,36?,38+;/m0./s1. The first-order chi connectivity index (χ1) is 34.4. The Hall–Kier alpha value is -6.75. The van der Waals surface area contributed by atoms with Crippen LogP contribution in [0.25, 0.3) is 10.9 Å². The summed E-state index contributed by atoms with van der Waals surface area (Å²) in [7, 11) is 1.53. The number of alkyl halides is 4. The molecular formula is C49H59F4N11O8. The van der Waals surface area contributed by atoms with Crippen LogP contribution < -0.4 is 25.8 Å². The Morgan fingerprint density at radius 3 is 2.32 bits per heavy atom. The zero-order valence-electron chi connectivity index (χ0n) is 40.3. The third-order valence-electron chi connectivity index (χ3n) is 14.1. The summed E-state index contributed by atoms with van der Waals surface area (Å²) in [6, 6.07) is 8.19. The van der Waals surface area contributed by atoms with E-state index in [0.717, 1.165) is 92.7 Å². The summed E-state index contributed by atoms with van der Waals surface area (Å²) >= 11 is 0. The van der Waals surface area contributed by atoms with E-state index in [1.54, 1.807) is 30.6 Å². The van der Waals surface area contributed by atoms with Gasteiger partial charge >= 0.3 is 12.1 Å². The van der Waals surface area contributed by atoms with E-state index in [1.807, 2.05) is 23.2 Å². The lowest BCUT2D eigenvalue weighted by Crippen LogP contribution is -2.54. The summed E-state index contributed by atoms with van der Waals surface area (Å²) in [5.74, 6) is -2.70. The lowest BCUT2D eigenvalue weighted by atomic mass is 9.91. The number of benzene rings is 1. The molecule has 4 saturated heterocycles. The van der Waals surface area contributed by atoms with Gasteiger partial charge in [0.05, 0.1) is 40.5 Å². The molecular weight excluding hydrogens is 947 g/mol. The maximum absolute atomic E-state index is 14.6. The number of fused-ring (bicyclic) bond motifs is 2. The van der Waals surface area contributed by atoms with E-state index in [4.69, 9.17) is 14.6 Å². The van der Waals surface area contributed by atoms with Gasteiger partial charge in [0.25, 0.3) is 17.7 Å². The molecule has 4 aromatic rings.